The van der Waals surface area contributed by atoms with Crippen LogP contribution in [0.15, 0.2) is 58.3 Å². The van der Waals surface area contributed by atoms with E-state index in [9.17, 15) is 9.36 Å². The van der Waals surface area contributed by atoms with Crippen LogP contribution in [-0.2, 0) is 13.6 Å². The van der Waals surface area contributed by atoms with Gasteiger partial charge in [0.25, 0.3) is 5.52 Å². The molecule has 0 aliphatic carbocycles. The van der Waals surface area contributed by atoms with Crippen LogP contribution in [-0.4, -0.2) is 19.7 Å². The first-order valence-corrected chi connectivity index (χ1v) is 8.96. The summed E-state index contributed by atoms with van der Waals surface area (Å²) in [6, 6.07) is 15.0. The SMILES string of the molecule is COP(=O)(OC)C(=O)c1ccccc1Sc1ccc(C)cc1. The zero-order chi connectivity index (χ0) is 16.2. The summed E-state index contributed by atoms with van der Waals surface area (Å²) in [6.45, 7) is 2.01. The fourth-order valence-electron chi connectivity index (χ4n) is 1.85. The van der Waals surface area contributed by atoms with Gasteiger partial charge in [-0.15, -0.1) is 0 Å². The van der Waals surface area contributed by atoms with Gasteiger partial charge >= 0.3 is 7.60 Å². The van der Waals surface area contributed by atoms with E-state index in [2.05, 4.69) is 0 Å². The van der Waals surface area contributed by atoms with E-state index in [0.29, 0.717) is 10.5 Å². The zero-order valence-electron chi connectivity index (χ0n) is 12.6. The summed E-state index contributed by atoms with van der Waals surface area (Å²) < 4.78 is 21.9. The highest BCUT2D eigenvalue weighted by Crippen LogP contribution is 2.51. The number of carbonyl (C=O) groups is 1. The average Bonchev–Trinajstić information content (AvgIpc) is 2.56. The fraction of sp³-hybridized carbons (Fsp3) is 0.188. The largest absolute Gasteiger partial charge is 0.401 e. The highest BCUT2D eigenvalue weighted by Gasteiger charge is 2.34. The van der Waals surface area contributed by atoms with Crippen molar-refractivity contribution in [3.8, 4) is 0 Å². The summed E-state index contributed by atoms with van der Waals surface area (Å²) in [5, 5.41) is 0. The molecular formula is C16H17O4PS. The van der Waals surface area contributed by atoms with E-state index >= 15 is 0 Å². The molecule has 0 aliphatic heterocycles. The molecule has 0 saturated heterocycles. The molecule has 0 bridgehead atoms. The third-order valence-corrected chi connectivity index (χ3v) is 5.88. The van der Waals surface area contributed by atoms with Gasteiger partial charge in [-0.2, -0.15) is 0 Å². The normalized spacial score (nSPS) is 11.4. The highest BCUT2D eigenvalue weighted by atomic mass is 32.2. The molecule has 0 fully saturated rings. The fourth-order valence-corrected chi connectivity index (χ4v) is 3.84. The lowest BCUT2D eigenvalue weighted by Crippen LogP contribution is -2.05. The van der Waals surface area contributed by atoms with Gasteiger partial charge in [0.2, 0.25) is 0 Å². The molecule has 4 nitrogen and oxygen atoms in total. The van der Waals surface area contributed by atoms with Gasteiger partial charge in [0.15, 0.2) is 0 Å². The maximum Gasteiger partial charge on any atom is 0.401 e. The number of rotatable bonds is 6. The van der Waals surface area contributed by atoms with Crippen molar-refractivity contribution in [3.05, 3.63) is 59.7 Å². The van der Waals surface area contributed by atoms with E-state index in [-0.39, 0.29) is 0 Å². The second-order valence-electron chi connectivity index (χ2n) is 4.58. The van der Waals surface area contributed by atoms with Crippen LogP contribution in [0.2, 0.25) is 0 Å². The van der Waals surface area contributed by atoms with E-state index in [1.165, 1.54) is 26.0 Å². The third-order valence-electron chi connectivity index (χ3n) is 3.10. The molecule has 0 spiro atoms. The van der Waals surface area contributed by atoms with Crippen molar-refractivity contribution in [2.75, 3.05) is 14.2 Å². The first-order valence-electron chi connectivity index (χ1n) is 6.60. The van der Waals surface area contributed by atoms with Crippen molar-refractivity contribution >= 4 is 24.9 Å². The molecule has 0 aromatic heterocycles. The Kier molecular flexibility index (Phi) is 5.59. The lowest BCUT2D eigenvalue weighted by atomic mass is 10.2. The van der Waals surface area contributed by atoms with E-state index in [0.717, 1.165) is 10.5 Å². The van der Waals surface area contributed by atoms with Gasteiger partial charge in [-0.05, 0) is 31.2 Å². The molecule has 0 saturated carbocycles. The van der Waals surface area contributed by atoms with E-state index in [1.807, 2.05) is 43.3 Å². The summed E-state index contributed by atoms with van der Waals surface area (Å²) in [5.41, 5.74) is 0.866. The number of carbonyl (C=O) groups excluding carboxylic acids is 1. The third kappa shape index (κ3) is 3.68. The second-order valence-corrected chi connectivity index (χ2v) is 7.83. The molecular weight excluding hydrogens is 319 g/mol. The predicted molar refractivity (Wildman–Crippen MR) is 87.7 cm³/mol. The van der Waals surface area contributed by atoms with E-state index in [1.54, 1.807) is 12.1 Å². The predicted octanol–water partition coefficient (Wildman–Crippen LogP) is 4.77. The topological polar surface area (TPSA) is 52.6 Å². The Morgan fingerprint density at radius 3 is 2.18 bits per heavy atom. The molecule has 0 heterocycles. The summed E-state index contributed by atoms with van der Waals surface area (Å²) in [5.74, 6) is 0. The summed E-state index contributed by atoms with van der Waals surface area (Å²) in [4.78, 5) is 14.2. The molecule has 0 unspecified atom stereocenters. The lowest BCUT2D eigenvalue weighted by Gasteiger charge is -2.14. The Hall–Kier alpha value is -1.39. The summed E-state index contributed by atoms with van der Waals surface area (Å²) in [7, 11) is -1.37. The molecule has 22 heavy (non-hydrogen) atoms. The van der Waals surface area contributed by atoms with Crippen LogP contribution in [0.1, 0.15) is 15.9 Å². The number of hydrogen-bond acceptors (Lipinski definition) is 5. The molecule has 2 aromatic rings. The second kappa shape index (κ2) is 7.25. The maximum absolute atomic E-state index is 12.5. The Labute approximate surface area is 134 Å². The van der Waals surface area contributed by atoms with Crippen LogP contribution < -0.4 is 0 Å². The van der Waals surface area contributed by atoms with Gasteiger partial charge in [-0.1, -0.05) is 41.6 Å². The zero-order valence-corrected chi connectivity index (χ0v) is 14.3. The summed E-state index contributed by atoms with van der Waals surface area (Å²) in [6.07, 6.45) is 0. The minimum absolute atomic E-state index is 0.333. The molecule has 0 aliphatic rings. The van der Waals surface area contributed by atoms with Crippen molar-refractivity contribution in [2.45, 2.75) is 16.7 Å². The number of aryl methyl sites for hydroxylation is 1. The van der Waals surface area contributed by atoms with Gasteiger partial charge in [0.05, 0.1) is 0 Å². The van der Waals surface area contributed by atoms with Crippen molar-refractivity contribution in [1.29, 1.82) is 0 Å². The molecule has 2 rings (SSSR count). The van der Waals surface area contributed by atoms with Gasteiger partial charge in [0.1, 0.15) is 0 Å². The van der Waals surface area contributed by atoms with Crippen LogP contribution >= 0.6 is 19.4 Å². The Morgan fingerprint density at radius 2 is 1.59 bits per heavy atom. The van der Waals surface area contributed by atoms with Gasteiger partial charge in [0, 0.05) is 29.6 Å². The van der Waals surface area contributed by atoms with E-state index in [4.69, 9.17) is 9.05 Å². The number of hydrogen-bond donors (Lipinski definition) is 0. The maximum atomic E-state index is 12.5. The van der Waals surface area contributed by atoms with Gasteiger partial charge in [-0.25, -0.2) is 0 Å². The molecule has 116 valence electrons. The first-order chi connectivity index (χ1) is 10.5. The van der Waals surface area contributed by atoms with Crippen molar-refractivity contribution < 1.29 is 18.4 Å². The molecule has 0 N–H and O–H groups in total. The van der Waals surface area contributed by atoms with Crippen molar-refractivity contribution in [1.82, 2.24) is 0 Å². The standard InChI is InChI=1S/C16H17O4PS/c1-12-8-10-13(11-9-12)22-15-7-5-4-6-14(15)16(17)21(18,19-2)20-3/h4-11H,1-3H3. The Balaban J connectivity index is 2.36. The van der Waals surface area contributed by atoms with Crippen LogP contribution in [0.25, 0.3) is 0 Å². The van der Waals surface area contributed by atoms with Crippen LogP contribution in [0.3, 0.4) is 0 Å². The molecule has 0 atom stereocenters. The molecule has 0 amide bonds. The molecule has 2 aromatic carbocycles. The average molecular weight is 336 g/mol. The van der Waals surface area contributed by atoms with Crippen molar-refractivity contribution in [2.24, 2.45) is 0 Å². The van der Waals surface area contributed by atoms with Gasteiger partial charge < -0.3 is 9.05 Å². The molecule has 6 heteroatoms. The highest BCUT2D eigenvalue weighted by molar-refractivity contribution is 7.99. The quantitative estimate of drug-likeness (QED) is 0.711. The smallest absolute Gasteiger partial charge is 0.306 e. The Morgan fingerprint density at radius 1 is 1.00 bits per heavy atom. The monoisotopic (exact) mass is 336 g/mol. The minimum atomic E-state index is -3.79. The minimum Gasteiger partial charge on any atom is -0.306 e. The van der Waals surface area contributed by atoms with Crippen molar-refractivity contribution in [3.63, 3.8) is 0 Å². The van der Waals surface area contributed by atoms with E-state index < -0.39 is 13.1 Å². The number of benzene rings is 2. The van der Waals surface area contributed by atoms with Crippen LogP contribution in [0, 0.1) is 6.92 Å². The first kappa shape index (κ1) is 17.0. The lowest BCUT2D eigenvalue weighted by molar-refractivity contribution is 0.102. The van der Waals surface area contributed by atoms with Gasteiger partial charge in [-0.3, -0.25) is 9.36 Å². The van der Waals surface area contributed by atoms with Crippen LogP contribution in [0.4, 0.5) is 0 Å². The Bertz CT molecular complexity index is 704. The molecule has 0 radical (unpaired) electrons. The summed E-state index contributed by atoms with van der Waals surface area (Å²) >= 11 is 1.44. The van der Waals surface area contributed by atoms with Crippen LogP contribution in [0.5, 0.6) is 0 Å².